The van der Waals surface area contributed by atoms with E-state index in [1.807, 2.05) is 37.3 Å². The van der Waals surface area contributed by atoms with Gasteiger partial charge in [0.15, 0.2) is 0 Å². The SMILES string of the molecule is CCOC(=O)N1CCC(NC(=O)C(C)(C)C(=O)NC(C)c2ccccc2)CC1. The van der Waals surface area contributed by atoms with Gasteiger partial charge in [0.1, 0.15) is 5.41 Å². The van der Waals surface area contributed by atoms with Crippen LogP contribution in [0.1, 0.15) is 52.1 Å². The molecule has 1 heterocycles. The molecule has 7 nitrogen and oxygen atoms in total. The van der Waals surface area contributed by atoms with Crippen LogP contribution in [0.4, 0.5) is 4.79 Å². The summed E-state index contributed by atoms with van der Waals surface area (Å²) < 4.78 is 5.00. The summed E-state index contributed by atoms with van der Waals surface area (Å²) in [6, 6.07) is 9.38. The van der Waals surface area contributed by atoms with Crippen molar-refractivity contribution in [2.24, 2.45) is 5.41 Å². The molecule has 1 fully saturated rings. The Hall–Kier alpha value is -2.57. The van der Waals surface area contributed by atoms with Gasteiger partial charge in [-0.3, -0.25) is 9.59 Å². The van der Waals surface area contributed by atoms with Crippen LogP contribution in [-0.2, 0) is 14.3 Å². The molecule has 0 aromatic heterocycles. The largest absolute Gasteiger partial charge is 0.450 e. The Balaban J connectivity index is 1.87. The minimum atomic E-state index is -1.19. The minimum absolute atomic E-state index is 0.0585. The van der Waals surface area contributed by atoms with E-state index < -0.39 is 5.41 Å². The molecule has 1 aromatic rings. The molecule has 1 saturated heterocycles. The summed E-state index contributed by atoms with van der Waals surface area (Å²) in [5, 5.41) is 5.89. The van der Waals surface area contributed by atoms with Crippen molar-refractivity contribution in [1.82, 2.24) is 15.5 Å². The molecule has 0 bridgehead atoms. The summed E-state index contributed by atoms with van der Waals surface area (Å²) in [4.78, 5) is 38.8. The van der Waals surface area contributed by atoms with E-state index in [9.17, 15) is 14.4 Å². The van der Waals surface area contributed by atoms with Crippen LogP contribution in [0.5, 0.6) is 0 Å². The third-order valence-electron chi connectivity index (χ3n) is 5.14. The van der Waals surface area contributed by atoms with E-state index in [0.29, 0.717) is 32.5 Å². The zero-order valence-corrected chi connectivity index (χ0v) is 17.2. The van der Waals surface area contributed by atoms with Crippen LogP contribution in [0.3, 0.4) is 0 Å². The molecule has 0 spiro atoms. The van der Waals surface area contributed by atoms with Crippen LogP contribution in [0.15, 0.2) is 30.3 Å². The lowest BCUT2D eigenvalue weighted by atomic mass is 9.89. The second-order valence-electron chi connectivity index (χ2n) is 7.66. The summed E-state index contributed by atoms with van der Waals surface area (Å²) in [6.07, 6.45) is 0.965. The van der Waals surface area contributed by atoms with Gasteiger partial charge in [-0.1, -0.05) is 30.3 Å². The van der Waals surface area contributed by atoms with Crippen molar-refractivity contribution >= 4 is 17.9 Å². The smallest absolute Gasteiger partial charge is 0.409 e. The average molecular weight is 389 g/mol. The van der Waals surface area contributed by atoms with Crippen LogP contribution >= 0.6 is 0 Å². The molecule has 1 aromatic carbocycles. The highest BCUT2D eigenvalue weighted by Gasteiger charge is 2.38. The van der Waals surface area contributed by atoms with Crippen molar-refractivity contribution in [3.05, 3.63) is 35.9 Å². The monoisotopic (exact) mass is 389 g/mol. The van der Waals surface area contributed by atoms with E-state index in [2.05, 4.69) is 10.6 Å². The second kappa shape index (κ2) is 9.57. The number of amides is 3. The van der Waals surface area contributed by atoms with E-state index in [-0.39, 0.29) is 30.0 Å². The normalized spacial score (nSPS) is 16.2. The number of carbonyl (C=O) groups is 3. The van der Waals surface area contributed by atoms with Gasteiger partial charge in [0, 0.05) is 19.1 Å². The standard InChI is InChI=1S/C21H31N3O4/c1-5-28-20(27)24-13-11-17(12-14-24)23-19(26)21(3,4)18(25)22-15(2)16-9-7-6-8-10-16/h6-10,15,17H,5,11-14H2,1-4H3,(H,22,25)(H,23,26). The van der Waals surface area contributed by atoms with Gasteiger partial charge < -0.3 is 20.3 Å². The van der Waals surface area contributed by atoms with Crippen molar-refractivity contribution in [3.63, 3.8) is 0 Å². The molecule has 3 amide bonds. The van der Waals surface area contributed by atoms with Crippen molar-refractivity contribution in [3.8, 4) is 0 Å². The zero-order valence-electron chi connectivity index (χ0n) is 17.2. The molecule has 2 rings (SSSR count). The Morgan fingerprint density at radius 2 is 1.75 bits per heavy atom. The van der Waals surface area contributed by atoms with Crippen LogP contribution in [0.25, 0.3) is 0 Å². The maximum atomic E-state index is 12.7. The molecule has 0 saturated carbocycles. The van der Waals surface area contributed by atoms with Crippen molar-refractivity contribution in [1.29, 1.82) is 0 Å². The number of nitrogens with zero attached hydrogens (tertiary/aromatic N) is 1. The van der Waals surface area contributed by atoms with Gasteiger partial charge in [-0.2, -0.15) is 0 Å². The molecule has 2 N–H and O–H groups in total. The summed E-state index contributed by atoms with van der Waals surface area (Å²) in [6.45, 7) is 8.33. The molecular formula is C21H31N3O4. The first kappa shape index (κ1) is 21.7. The lowest BCUT2D eigenvalue weighted by Gasteiger charge is -2.33. The number of hydrogen-bond donors (Lipinski definition) is 2. The van der Waals surface area contributed by atoms with Gasteiger partial charge >= 0.3 is 6.09 Å². The third kappa shape index (κ3) is 5.47. The van der Waals surface area contributed by atoms with E-state index >= 15 is 0 Å². The predicted molar refractivity (Wildman–Crippen MR) is 107 cm³/mol. The molecule has 1 atom stereocenters. The Morgan fingerprint density at radius 3 is 2.32 bits per heavy atom. The highest BCUT2D eigenvalue weighted by Crippen LogP contribution is 2.21. The highest BCUT2D eigenvalue weighted by molar-refractivity contribution is 6.04. The van der Waals surface area contributed by atoms with E-state index in [0.717, 1.165) is 5.56 Å². The zero-order chi connectivity index (χ0) is 20.7. The quantitative estimate of drug-likeness (QED) is 0.732. The Morgan fingerprint density at radius 1 is 1.14 bits per heavy atom. The molecule has 1 unspecified atom stereocenters. The van der Waals surface area contributed by atoms with Gasteiger partial charge in [0.05, 0.1) is 12.6 Å². The molecular weight excluding hydrogens is 358 g/mol. The first-order valence-electron chi connectivity index (χ1n) is 9.84. The lowest BCUT2D eigenvalue weighted by molar-refractivity contribution is -0.142. The molecule has 0 radical (unpaired) electrons. The fourth-order valence-electron chi connectivity index (χ4n) is 3.09. The van der Waals surface area contributed by atoms with Gasteiger partial charge in [-0.05, 0) is 46.1 Å². The van der Waals surface area contributed by atoms with Gasteiger partial charge in [-0.25, -0.2) is 4.79 Å². The fourth-order valence-corrected chi connectivity index (χ4v) is 3.09. The Labute approximate surface area is 166 Å². The maximum Gasteiger partial charge on any atom is 0.409 e. The Kier molecular flexibility index (Phi) is 7.43. The summed E-state index contributed by atoms with van der Waals surface area (Å²) >= 11 is 0. The first-order chi connectivity index (χ1) is 13.3. The second-order valence-corrected chi connectivity index (χ2v) is 7.66. The van der Waals surface area contributed by atoms with Crippen molar-refractivity contribution < 1.29 is 19.1 Å². The van der Waals surface area contributed by atoms with Gasteiger partial charge in [-0.15, -0.1) is 0 Å². The third-order valence-corrected chi connectivity index (χ3v) is 5.14. The van der Waals surface area contributed by atoms with E-state index in [4.69, 9.17) is 4.74 Å². The fraction of sp³-hybridized carbons (Fsp3) is 0.571. The maximum absolute atomic E-state index is 12.7. The van der Waals surface area contributed by atoms with Crippen LogP contribution < -0.4 is 10.6 Å². The van der Waals surface area contributed by atoms with Crippen LogP contribution in [0, 0.1) is 5.41 Å². The van der Waals surface area contributed by atoms with Crippen molar-refractivity contribution in [2.45, 2.75) is 52.6 Å². The molecule has 0 aliphatic carbocycles. The molecule has 7 heteroatoms. The number of hydrogen-bond acceptors (Lipinski definition) is 4. The molecule has 1 aliphatic rings. The number of piperidine rings is 1. The number of rotatable bonds is 6. The number of benzene rings is 1. The predicted octanol–water partition coefficient (Wildman–Crippen LogP) is 2.63. The summed E-state index contributed by atoms with van der Waals surface area (Å²) in [5.74, 6) is -0.620. The number of likely N-dealkylation sites (tertiary alicyclic amines) is 1. The van der Waals surface area contributed by atoms with Crippen LogP contribution in [-0.4, -0.2) is 48.5 Å². The minimum Gasteiger partial charge on any atom is -0.450 e. The first-order valence-corrected chi connectivity index (χ1v) is 9.84. The number of ether oxygens (including phenoxy) is 1. The van der Waals surface area contributed by atoms with Crippen LogP contribution in [0.2, 0.25) is 0 Å². The van der Waals surface area contributed by atoms with E-state index in [1.54, 1.807) is 25.7 Å². The molecule has 154 valence electrons. The number of carbonyl (C=O) groups excluding carboxylic acids is 3. The highest BCUT2D eigenvalue weighted by atomic mass is 16.6. The lowest BCUT2D eigenvalue weighted by Crippen LogP contribution is -2.53. The number of nitrogens with one attached hydrogen (secondary N) is 2. The summed E-state index contributed by atoms with van der Waals surface area (Å²) in [7, 11) is 0. The Bertz CT molecular complexity index is 682. The topological polar surface area (TPSA) is 87.7 Å². The average Bonchev–Trinajstić information content (AvgIpc) is 2.69. The molecule has 1 aliphatic heterocycles. The van der Waals surface area contributed by atoms with Gasteiger partial charge in [0.2, 0.25) is 11.8 Å². The summed E-state index contributed by atoms with van der Waals surface area (Å²) in [5.41, 5.74) is -0.209. The molecule has 28 heavy (non-hydrogen) atoms. The van der Waals surface area contributed by atoms with Crippen molar-refractivity contribution in [2.75, 3.05) is 19.7 Å². The van der Waals surface area contributed by atoms with Gasteiger partial charge in [0.25, 0.3) is 0 Å². The van der Waals surface area contributed by atoms with E-state index in [1.165, 1.54) is 0 Å².